The van der Waals surface area contributed by atoms with Crippen molar-refractivity contribution in [2.75, 3.05) is 0 Å². The molecule has 0 aromatic carbocycles. The molecular formula is C9H13Zr-. The SMILES string of the molecule is CC(C)CC1=[C-]CC=C1.[Zr]. The zero-order valence-electron chi connectivity index (χ0n) is 6.65. The Morgan fingerprint density at radius 2 is 2.30 bits per heavy atom. The van der Waals surface area contributed by atoms with Gasteiger partial charge in [0.2, 0.25) is 0 Å². The molecule has 0 heterocycles. The van der Waals surface area contributed by atoms with Crippen molar-refractivity contribution in [3.63, 3.8) is 0 Å². The van der Waals surface area contributed by atoms with E-state index in [0.717, 1.165) is 12.3 Å². The molecule has 0 aromatic heterocycles. The average Bonchev–Trinajstić information content (AvgIpc) is 2.15. The van der Waals surface area contributed by atoms with Gasteiger partial charge >= 0.3 is 0 Å². The normalized spacial score (nSPS) is 15.3. The Balaban J connectivity index is 0.000000810. The van der Waals surface area contributed by atoms with Gasteiger partial charge in [0.1, 0.15) is 0 Å². The van der Waals surface area contributed by atoms with E-state index in [-0.39, 0.29) is 26.2 Å². The van der Waals surface area contributed by atoms with Crippen molar-refractivity contribution in [1.82, 2.24) is 0 Å². The molecule has 1 aliphatic carbocycles. The van der Waals surface area contributed by atoms with Gasteiger partial charge in [-0.3, -0.25) is 6.08 Å². The summed E-state index contributed by atoms with van der Waals surface area (Å²) in [4.78, 5) is 0. The van der Waals surface area contributed by atoms with Gasteiger partial charge < -0.3 is 0 Å². The Bertz CT molecular complexity index is 143. The van der Waals surface area contributed by atoms with E-state index >= 15 is 0 Å². The molecule has 0 nitrogen and oxygen atoms in total. The smallest absolute Gasteiger partial charge is 0 e. The van der Waals surface area contributed by atoms with Gasteiger partial charge in [0.15, 0.2) is 0 Å². The molecule has 54 valence electrons. The summed E-state index contributed by atoms with van der Waals surface area (Å²) >= 11 is 0. The second-order valence-electron chi connectivity index (χ2n) is 2.91. The van der Waals surface area contributed by atoms with Crippen LogP contribution < -0.4 is 0 Å². The summed E-state index contributed by atoms with van der Waals surface area (Å²) in [6, 6.07) is 0. The Kier molecular flexibility index (Phi) is 5.26. The molecule has 0 aliphatic heterocycles. The second kappa shape index (κ2) is 5.07. The zero-order chi connectivity index (χ0) is 6.69. The van der Waals surface area contributed by atoms with E-state index < -0.39 is 0 Å². The van der Waals surface area contributed by atoms with Crippen LogP contribution in [0.3, 0.4) is 0 Å². The molecule has 1 heteroatoms. The van der Waals surface area contributed by atoms with Gasteiger partial charge in [-0.25, -0.2) is 11.6 Å². The second-order valence-corrected chi connectivity index (χ2v) is 2.91. The van der Waals surface area contributed by atoms with Crippen LogP contribution in [0.2, 0.25) is 0 Å². The van der Waals surface area contributed by atoms with Gasteiger partial charge in [-0.05, 0) is 5.92 Å². The van der Waals surface area contributed by atoms with Crippen LogP contribution in [0.1, 0.15) is 26.7 Å². The van der Waals surface area contributed by atoms with E-state index in [2.05, 4.69) is 32.1 Å². The fourth-order valence-corrected chi connectivity index (χ4v) is 1.03. The molecule has 0 atom stereocenters. The van der Waals surface area contributed by atoms with E-state index in [1.165, 1.54) is 12.0 Å². The van der Waals surface area contributed by atoms with Crippen molar-refractivity contribution >= 4 is 0 Å². The van der Waals surface area contributed by atoms with Crippen LogP contribution in [-0.2, 0) is 26.2 Å². The molecule has 0 saturated carbocycles. The quantitative estimate of drug-likeness (QED) is 0.618. The zero-order valence-corrected chi connectivity index (χ0v) is 9.10. The Labute approximate surface area is 82.5 Å². The maximum Gasteiger partial charge on any atom is 0 e. The van der Waals surface area contributed by atoms with Gasteiger partial charge in [0.05, 0.1) is 0 Å². The molecule has 1 rings (SSSR count). The summed E-state index contributed by atoms with van der Waals surface area (Å²) in [7, 11) is 0. The number of hydrogen-bond acceptors (Lipinski definition) is 0. The summed E-state index contributed by atoms with van der Waals surface area (Å²) < 4.78 is 0. The molecule has 0 amide bonds. The van der Waals surface area contributed by atoms with Crippen molar-refractivity contribution in [3.8, 4) is 0 Å². The predicted molar refractivity (Wildman–Crippen MR) is 40.0 cm³/mol. The Morgan fingerprint density at radius 3 is 2.70 bits per heavy atom. The van der Waals surface area contributed by atoms with E-state index in [1.54, 1.807) is 0 Å². The topological polar surface area (TPSA) is 0 Å². The minimum Gasteiger partial charge on any atom is -0.269 e. The molecule has 0 saturated heterocycles. The van der Waals surface area contributed by atoms with Crippen LogP contribution in [0.15, 0.2) is 17.7 Å². The van der Waals surface area contributed by atoms with Gasteiger partial charge in [-0.1, -0.05) is 20.3 Å². The Morgan fingerprint density at radius 1 is 1.60 bits per heavy atom. The van der Waals surface area contributed by atoms with Crippen LogP contribution >= 0.6 is 0 Å². The number of allylic oxidation sites excluding steroid dienone is 4. The minimum atomic E-state index is 0. The van der Waals surface area contributed by atoms with Crippen molar-refractivity contribution in [2.45, 2.75) is 26.7 Å². The van der Waals surface area contributed by atoms with Crippen molar-refractivity contribution in [2.24, 2.45) is 5.92 Å². The molecule has 0 spiro atoms. The number of hydrogen-bond donors (Lipinski definition) is 0. The standard InChI is InChI=1S/C9H13.Zr/c1-8(2)7-9-5-3-4-6-9;/h3,5,8H,4,7H2,1-2H3;/q-1;. The summed E-state index contributed by atoms with van der Waals surface area (Å²) in [5, 5.41) is 0. The minimum absolute atomic E-state index is 0. The molecule has 0 N–H and O–H groups in total. The summed E-state index contributed by atoms with van der Waals surface area (Å²) in [6.07, 6.45) is 9.86. The van der Waals surface area contributed by atoms with Crippen molar-refractivity contribution in [3.05, 3.63) is 23.8 Å². The molecule has 0 radical (unpaired) electrons. The summed E-state index contributed by atoms with van der Waals surface area (Å²) in [5.41, 5.74) is 1.39. The third-order valence-electron chi connectivity index (χ3n) is 1.39. The van der Waals surface area contributed by atoms with Crippen LogP contribution in [0, 0.1) is 12.0 Å². The molecule has 0 unspecified atom stereocenters. The third-order valence-corrected chi connectivity index (χ3v) is 1.39. The first kappa shape index (κ1) is 10.4. The van der Waals surface area contributed by atoms with E-state index in [9.17, 15) is 0 Å². The molecular weight excluding hydrogens is 199 g/mol. The maximum atomic E-state index is 3.29. The van der Waals surface area contributed by atoms with Crippen LogP contribution in [-0.4, -0.2) is 0 Å². The van der Waals surface area contributed by atoms with Crippen LogP contribution in [0.4, 0.5) is 0 Å². The predicted octanol–water partition coefficient (Wildman–Crippen LogP) is 2.72. The van der Waals surface area contributed by atoms with Gasteiger partial charge in [-0.2, -0.15) is 6.08 Å². The van der Waals surface area contributed by atoms with Crippen molar-refractivity contribution < 1.29 is 26.2 Å². The van der Waals surface area contributed by atoms with E-state index in [1.807, 2.05) is 0 Å². The van der Waals surface area contributed by atoms with Crippen LogP contribution in [0.25, 0.3) is 0 Å². The maximum absolute atomic E-state index is 3.29. The average molecular weight is 212 g/mol. The van der Waals surface area contributed by atoms with Crippen LogP contribution in [0.5, 0.6) is 0 Å². The first-order valence-electron chi connectivity index (χ1n) is 3.55. The molecule has 10 heavy (non-hydrogen) atoms. The third kappa shape index (κ3) is 3.51. The van der Waals surface area contributed by atoms with E-state index in [0.29, 0.717) is 0 Å². The summed E-state index contributed by atoms with van der Waals surface area (Å²) in [5.74, 6) is 0.773. The first-order chi connectivity index (χ1) is 4.29. The van der Waals surface area contributed by atoms with Gasteiger partial charge in [0.25, 0.3) is 0 Å². The first-order valence-corrected chi connectivity index (χ1v) is 3.55. The van der Waals surface area contributed by atoms with Gasteiger partial charge in [-0.15, -0.1) is 6.42 Å². The fourth-order valence-electron chi connectivity index (χ4n) is 1.03. The molecule has 0 aromatic rings. The molecule has 0 fully saturated rings. The van der Waals surface area contributed by atoms with Crippen molar-refractivity contribution in [1.29, 1.82) is 0 Å². The fraction of sp³-hybridized carbons (Fsp3) is 0.556. The number of rotatable bonds is 2. The summed E-state index contributed by atoms with van der Waals surface area (Å²) in [6.45, 7) is 4.47. The van der Waals surface area contributed by atoms with Gasteiger partial charge in [0, 0.05) is 26.2 Å². The van der Waals surface area contributed by atoms with E-state index in [4.69, 9.17) is 0 Å². The Hall–Kier alpha value is 0.363. The largest absolute Gasteiger partial charge is 0.269 e. The molecule has 1 aliphatic rings. The monoisotopic (exact) mass is 211 g/mol. The molecule has 0 bridgehead atoms.